The van der Waals surface area contributed by atoms with Gasteiger partial charge in [0.05, 0.1) is 21.1 Å². The zero-order chi connectivity index (χ0) is 24.8. The predicted molar refractivity (Wildman–Crippen MR) is 136 cm³/mol. The third-order valence-corrected chi connectivity index (χ3v) is 6.21. The van der Waals surface area contributed by atoms with Crippen molar-refractivity contribution in [1.29, 1.82) is 0 Å². The second kappa shape index (κ2) is 11.0. The highest BCUT2D eigenvalue weighted by Gasteiger charge is 2.21. The molecule has 1 heterocycles. The average Bonchev–Trinajstić information content (AvgIpc) is 2.88. The first-order valence-corrected chi connectivity index (χ1v) is 11.8. The van der Waals surface area contributed by atoms with Crippen molar-refractivity contribution in [2.45, 2.75) is 25.8 Å². The summed E-state index contributed by atoms with van der Waals surface area (Å²) in [6, 6.07) is 18.6. The normalized spacial score (nSPS) is 13.2. The van der Waals surface area contributed by atoms with Crippen LogP contribution >= 0.6 is 11.6 Å². The number of hydrogen-bond donors (Lipinski definition) is 2. The Labute approximate surface area is 208 Å². The second-order valence-electron chi connectivity index (χ2n) is 8.32. The summed E-state index contributed by atoms with van der Waals surface area (Å²) in [5, 5.41) is 16.6. The molecule has 0 radical (unpaired) electrons. The molecule has 8 nitrogen and oxygen atoms in total. The fraction of sp³-hybridized carbons (Fsp3) is 0.231. The van der Waals surface area contributed by atoms with E-state index in [-0.39, 0.29) is 22.2 Å². The number of nitrogens with one attached hydrogen (secondary N) is 2. The minimum atomic E-state index is -0.576. The van der Waals surface area contributed by atoms with E-state index in [2.05, 4.69) is 15.5 Å². The number of anilines is 2. The van der Waals surface area contributed by atoms with Gasteiger partial charge in [0.1, 0.15) is 0 Å². The Morgan fingerprint density at radius 1 is 0.914 bits per heavy atom. The van der Waals surface area contributed by atoms with Crippen LogP contribution in [0.25, 0.3) is 0 Å². The first kappa shape index (κ1) is 24.2. The molecule has 0 saturated carbocycles. The van der Waals surface area contributed by atoms with E-state index in [1.54, 1.807) is 12.1 Å². The van der Waals surface area contributed by atoms with Crippen LogP contribution in [0.4, 0.5) is 17.1 Å². The summed E-state index contributed by atoms with van der Waals surface area (Å²) in [7, 11) is 0. The molecule has 0 aromatic heterocycles. The Morgan fingerprint density at radius 2 is 1.66 bits per heavy atom. The first-order chi connectivity index (χ1) is 16.9. The summed E-state index contributed by atoms with van der Waals surface area (Å²) in [6.07, 6.45) is 3.28. The standard InChI is InChI=1S/C26H25ClN4O4/c27-23-16-20(31(34)35)10-11-21(23)26(33)29-19-9-12-24(30-13-5-2-6-14-30)22(15-19)25(32)28-17-18-7-3-1-4-8-18/h1,3-4,7-12,15-16H,2,5-6,13-14,17H2,(H,28,32)(H,29,33). The zero-order valence-corrected chi connectivity index (χ0v) is 19.8. The number of carbonyl (C=O) groups excluding carboxylic acids is 2. The van der Waals surface area contributed by atoms with Crippen LogP contribution in [0.3, 0.4) is 0 Å². The highest BCUT2D eigenvalue weighted by molar-refractivity contribution is 6.34. The molecule has 9 heteroatoms. The molecule has 0 unspecified atom stereocenters. The quantitative estimate of drug-likeness (QED) is 0.338. The number of non-ortho nitro benzene ring substituents is 1. The minimum Gasteiger partial charge on any atom is -0.371 e. The molecule has 0 bridgehead atoms. The van der Waals surface area contributed by atoms with Crippen LogP contribution in [0, 0.1) is 10.1 Å². The molecular formula is C26H25ClN4O4. The van der Waals surface area contributed by atoms with E-state index in [9.17, 15) is 19.7 Å². The van der Waals surface area contributed by atoms with Crippen molar-refractivity contribution in [1.82, 2.24) is 5.32 Å². The van der Waals surface area contributed by atoms with Gasteiger partial charge in [-0.1, -0.05) is 41.9 Å². The van der Waals surface area contributed by atoms with E-state index in [1.807, 2.05) is 36.4 Å². The van der Waals surface area contributed by atoms with Gasteiger partial charge in [-0.25, -0.2) is 0 Å². The van der Waals surface area contributed by atoms with Gasteiger partial charge < -0.3 is 15.5 Å². The van der Waals surface area contributed by atoms with Crippen LogP contribution in [-0.2, 0) is 6.54 Å². The molecule has 4 rings (SSSR count). The first-order valence-electron chi connectivity index (χ1n) is 11.4. The van der Waals surface area contributed by atoms with E-state index in [0.29, 0.717) is 17.8 Å². The Kier molecular flexibility index (Phi) is 7.62. The van der Waals surface area contributed by atoms with Crippen molar-refractivity contribution in [2.75, 3.05) is 23.3 Å². The molecule has 2 N–H and O–H groups in total. The molecular weight excluding hydrogens is 468 g/mol. The lowest BCUT2D eigenvalue weighted by atomic mass is 10.1. The molecule has 0 atom stereocenters. The third kappa shape index (κ3) is 5.96. The third-order valence-electron chi connectivity index (χ3n) is 5.90. The summed E-state index contributed by atoms with van der Waals surface area (Å²) in [6.45, 7) is 2.11. The van der Waals surface area contributed by atoms with Gasteiger partial charge in [-0.3, -0.25) is 19.7 Å². The highest BCUT2D eigenvalue weighted by atomic mass is 35.5. The van der Waals surface area contributed by atoms with Crippen molar-refractivity contribution in [3.63, 3.8) is 0 Å². The molecule has 0 aliphatic carbocycles. The van der Waals surface area contributed by atoms with Crippen molar-refractivity contribution in [2.24, 2.45) is 0 Å². The molecule has 1 aliphatic rings. The van der Waals surface area contributed by atoms with Gasteiger partial charge in [0.2, 0.25) is 0 Å². The Bertz CT molecular complexity index is 1240. The monoisotopic (exact) mass is 492 g/mol. The average molecular weight is 493 g/mol. The molecule has 180 valence electrons. The maximum atomic E-state index is 13.2. The number of nitro groups is 1. The van der Waals surface area contributed by atoms with Crippen molar-refractivity contribution < 1.29 is 14.5 Å². The van der Waals surface area contributed by atoms with Gasteiger partial charge in [-0.2, -0.15) is 0 Å². The SMILES string of the molecule is O=C(Nc1ccc(N2CCCCC2)c(C(=O)NCc2ccccc2)c1)c1ccc([N+](=O)[O-])cc1Cl. The molecule has 1 fully saturated rings. The lowest BCUT2D eigenvalue weighted by Crippen LogP contribution is -2.32. The number of halogens is 1. The molecule has 3 aromatic rings. The van der Waals surface area contributed by atoms with Crippen LogP contribution in [-0.4, -0.2) is 29.8 Å². The zero-order valence-electron chi connectivity index (χ0n) is 19.0. The number of amides is 2. The Morgan fingerprint density at radius 3 is 2.34 bits per heavy atom. The fourth-order valence-corrected chi connectivity index (χ4v) is 4.34. The maximum Gasteiger partial charge on any atom is 0.270 e. The Balaban J connectivity index is 1.57. The number of benzene rings is 3. The van der Waals surface area contributed by atoms with Gasteiger partial charge in [0.25, 0.3) is 17.5 Å². The van der Waals surface area contributed by atoms with Crippen LogP contribution in [0.1, 0.15) is 45.5 Å². The van der Waals surface area contributed by atoms with E-state index in [4.69, 9.17) is 11.6 Å². The van der Waals surface area contributed by atoms with Gasteiger partial charge in [0, 0.05) is 43.1 Å². The lowest BCUT2D eigenvalue weighted by molar-refractivity contribution is -0.384. The Hall–Kier alpha value is -3.91. The number of hydrogen-bond acceptors (Lipinski definition) is 5. The summed E-state index contributed by atoms with van der Waals surface area (Å²) >= 11 is 6.11. The highest BCUT2D eigenvalue weighted by Crippen LogP contribution is 2.29. The number of piperidine rings is 1. The summed E-state index contributed by atoms with van der Waals surface area (Å²) in [5.74, 6) is -0.759. The van der Waals surface area contributed by atoms with Crippen molar-refractivity contribution in [3.05, 3.63) is 98.6 Å². The smallest absolute Gasteiger partial charge is 0.270 e. The number of rotatable bonds is 7. The van der Waals surface area contributed by atoms with E-state index in [1.165, 1.54) is 12.1 Å². The largest absolute Gasteiger partial charge is 0.371 e. The molecule has 3 aromatic carbocycles. The second-order valence-corrected chi connectivity index (χ2v) is 8.73. The summed E-state index contributed by atoms with van der Waals surface area (Å²) in [5.41, 5.74) is 2.60. The van der Waals surface area contributed by atoms with E-state index < -0.39 is 10.8 Å². The lowest BCUT2D eigenvalue weighted by Gasteiger charge is -2.30. The maximum absolute atomic E-state index is 13.2. The van der Waals surface area contributed by atoms with Crippen LogP contribution in [0.15, 0.2) is 66.7 Å². The van der Waals surface area contributed by atoms with Crippen LogP contribution < -0.4 is 15.5 Å². The van der Waals surface area contributed by atoms with Gasteiger partial charge in [0.15, 0.2) is 0 Å². The van der Waals surface area contributed by atoms with Gasteiger partial charge >= 0.3 is 0 Å². The predicted octanol–water partition coefficient (Wildman–Crippen LogP) is 5.42. The molecule has 2 amide bonds. The summed E-state index contributed by atoms with van der Waals surface area (Å²) < 4.78 is 0. The van der Waals surface area contributed by atoms with E-state index >= 15 is 0 Å². The topological polar surface area (TPSA) is 105 Å². The van der Waals surface area contributed by atoms with Crippen molar-refractivity contribution >= 4 is 40.5 Å². The van der Waals surface area contributed by atoms with Crippen LogP contribution in [0.2, 0.25) is 5.02 Å². The van der Waals surface area contributed by atoms with Crippen LogP contribution in [0.5, 0.6) is 0 Å². The minimum absolute atomic E-state index is 0.0255. The van der Waals surface area contributed by atoms with Crippen molar-refractivity contribution in [3.8, 4) is 0 Å². The summed E-state index contributed by atoms with van der Waals surface area (Å²) in [4.78, 5) is 38.6. The molecule has 35 heavy (non-hydrogen) atoms. The van der Waals surface area contributed by atoms with E-state index in [0.717, 1.165) is 49.7 Å². The number of carbonyl (C=O) groups is 2. The number of nitrogens with zero attached hydrogens (tertiary/aromatic N) is 2. The fourth-order valence-electron chi connectivity index (χ4n) is 4.08. The van der Waals surface area contributed by atoms with Gasteiger partial charge in [-0.15, -0.1) is 0 Å². The molecule has 1 saturated heterocycles. The molecule has 0 spiro atoms. The number of nitro benzene ring substituents is 1. The molecule has 1 aliphatic heterocycles. The van der Waals surface area contributed by atoms with Gasteiger partial charge in [-0.05, 0) is 49.1 Å².